The van der Waals surface area contributed by atoms with Crippen molar-refractivity contribution in [1.29, 1.82) is 0 Å². The van der Waals surface area contributed by atoms with Gasteiger partial charge in [0.15, 0.2) is 0 Å². The topological polar surface area (TPSA) is 37.3 Å². The third-order valence-electron chi connectivity index (χ3n) is 2.60. The van der Waals surface area contributed by atoms with Gasteiger partial charge in [-0.3, -0.25) is 9.36 Å². The minimum Gasteiger partial charge on any atom is -0.355 e. The van der Waals surface area contributed by atoms with Crippen LogP contribution in [-0.4, -0.2) is 30.7 Å². The zero-order chi connectivity index (χ0) is 9.97. The molecule has 0 bridgehead atoms. The summed E-state index contributed by atoms with van der Waals surface area (Å²) in [6.07, 6.45) is 0. The lowest BCUT2D eigenvalue weighted by Gasteiger charge is -2.30. The molecule has 1 aromatic rings. The largest absolute Gasteiger partial charge is 0.355 e. The SMILES string of the molecule is Cn1c(N2CCNCC2)cccc1=O. The van der Waals surface area contributed by atoms with Crippen molar-refractivity contribution >= 4 is 5.82 Å². The molecule has 4 nitrogen and oxygen atoms in total. The molecule has 0 aliphatic carbocycles. The maximum Gasteiger partial charge on any atom is 0.251 e. The second-order valence-electron chi connectivity index (χ2n) is 3.52. The average Bonchev–Trinajstić information content (AvgIpc) is 2.23. The summed E-state index contributed by atoms with van der Waals surface area (Å²) in [7, 11) is 1.82. The molecule has 0 saturated carbocycles. The maximum absolute atomic E-state index is 11.4. The van der Waals surface area contributed by atoms with Crippen molar-refractivity contribution in [2.75, 3.05) is 31.1 Å². The molecule has 1 N–H and O–H groups in total. The number of nitrogens with one attached hydrogen (secondary N) is 1. The van der Waals surface area contributed by atoms with Crippen LogP contribution in [0.4, 0.5) is 5.82 Å². The number of hydrogen-bond acceptors (Lipinski definition) is 3. The van der Waals surface area contributed by atoms with E-state index in [0.29, 0.717) is 0 Å². The van der Waals surface area contributed by atoms with Gasteiger partial charge in [0.25, 0.3) is 5.56 Å². The quantitative estimate of drug-likeness (QED) is 0.671. The lowest BCUT2D eigenvalue weighted by Crippen LogP contribution is -2.45. The Morgan fingerprint density at radius 3 is 2.71 bits per heavy atom. The van der Waals surface area contributed by atoms with Gasteiger partial charge in [-0.05, 0) is 6.07 Å². The number of hydrogen-bond donors (Lipinski definition) is 1. The van der Waals surface area contributed by atoms with Crippen molar-refractivity contribution in [2.45, 2.75) is 0 Å². The lowest BCUT2D eigenvalue weighted by molar-refractivity contribution is 0.575. The molecule has 4 heteroatoms. The van der Waals surface area contributed by atoms with Gasteiger partial charge in [0.1, 0.15) is 5.82 Å². The Hall–Kier alpha value is -1.29. The first-order valence-corrected chi connectivity index (χ1v) is 4.91. The third-order valence-corrected chi connectivity index (χ3v) is 2.60. The fourth-order valence-electron chi connectivity index (χ4n) is 1.76. The lowest BCUT2D eigenvalue weighted by atomic mass is 10.3. The van der Waals surface area contributed by atoms with Gasteiger partial charge in [-0.1, -0.05) is 6.07 Å². The van der Waals surface area contributed by atoms with E-state index in [2.05, 4.69) is 10.2 Å². The Morgan fingerprint density at radius 2 is 2.00 bits per heavy atom. The Labute approximate surface area is 83.2 Å². The minimum absolute atomic E-state index is 0.0565. The van der Waals surface area contributed by atoms with Crippen LogP contribution in [0.2, 0.25) is 0 Å². The molecule has 1 saturated heterocycles. The van der Waals surface area contributed by atoms with E-state index in [1.54, 1.807) is 10.6 Å². The Balaban J connectivity index is 2.30. The van der Waals surface area contributed by atoms with Gasteiger partial charge in [0.2, 0.25) is 0 Å². The second kappa shape index (κ2) is 3.84. The number of pyridine rings is 1. The molecular weight excluding hydrogens is 178 g/mol. The molecule has 2 rings (SSSR count). The van der Waals surface area contributed by atoms with Crippen LogP contribution in [0, 0.1) is 0 Å². The molecule has 0 aromatic carbocycles. The summed E-state index contributed by atoms with van der Waals surface area (Å²) in [5.74, 6) is 1.01. The van der Waals surface area contributed by atoms with Crippen LogP contribution in [0.3, 0.4) is 0 Å². The molecule has 0 unspecified atom stereocenters. The van der Waals surface area contributed by atoms with Crippen LogP contribution in [0.5, 0.6) is 0 Å². The summed E-state index contributed by atoms with van der Waals surface area (Å²) in [6.45, 7) is 3.92. The predicted octanol–water partition coefficient (Wildman–Crippen LogP) is -0.205. The molecule has 0 radical (unpaired) electrons. The highest BCUT2D eigenvalue weighted by Gasteiger charge is 2.12. The molecule has 14 heavy (non-hydrogen) atoms. The molecule has 76 valence electrons. The highest BCUT2D eigenvalue weighted by molar-refractivity contribution is 5.39. The summed E-state index contributed by atoms with van der Waals surface area (Å²) >= 11 is 0. The highest BCUT2D eigenvalue weighted by Crippen LogP contribution is 2.10. The van der Waals surface area contributed by atoms with E-state index in [1.165, 1.54) is 0 Å². The van der Waals surface area contributed by atoms with Crippen LogP contribution in [0.15, 0.2) is 23.0 Å². The van der Waals surface area contributed by atoms with E-state index in [9.17, 15) is 4.79 Å². The summed E-state index contributed by atoms with van der Waals surface area (Å²) in [5, 5.41) is 3.29. The number of anilines is 1. The van der Waals surface area contributed by atoms with Gasteiger partial charge < -0.3 is 10.2 Å². The first-order valence-electron chi connectivity index (χ1n) is 4.91. The zero-order valence-corrected chi connectivity index (χ0v) is 8.36. The molecule has 0 amide bonds. The fraction of sp³-hybridized carbons (Fsp3) is 0.500. The molecule has 1 aliphatic heterocycles. The van der Waals surface area contributed by atoms with Crippen molar-refractivity contribution in [3.63, 3.8) is 0 Å². The first kappa shape index (κ1) is 9.27. The second-order valence-corrected chi connectivity index (χ2v) is 3.52. The van der Waals surface area contributed by atoms with Gasteiger partial charge >= 0.3 is 0 Å². The first-order chi connectivity index (χ1) is 6.79. The van der Waals surface area contributed by atoms with Crippen molar-refractivity contribution in [1.82, 2.24) is 9.88 Å². The molecule has 2 heterocycles. The predicted molar refractivity (Wildman–Crippen MR) is 56.8 cm³/mol. The van der Waals surface area contributed by atoms with Crippen molar-refractivity contribution in [2.24, 2.45) is 7.05 Å². The van der Waals surface area contributed by atoms with Crippen LogP contribution >= 0.6 is 0 Å². The zero-order valence-electron chi connectivity index (χ0n) is 8.36. The molecular formula is C10H15N3O. The van der Waals surface area contributed by atoms with Crippen molar-refractivity contribution in [3.05, 3.63) is 28.6 Å². The Morgan fingerprint density at radius 1 is 1.29 bits per heavy atom. The van der Waals surface area contributed by atoms with E-state index in [1.807, 2.05) is 19.2 Å². The number of aromatic nitrogens is 1. The molecule has 1 aliphatic rings. The molecule has 0 spiro atoms. The monoisotopic (exact) mass is 193 g/mol. The molecule has 1 fully saturated rings. The third kappa shape index (κ3) is 1.65. The maximum atomic E-state index is 11.4. The number of piperazine rings is 1. The standard InChI is InChI=1S/C10H15N3O/c1-12-9(3-2-4-10(12)14)13-7-5-11-6-8-13/h2-4,11H,5-8H2,1H3. The highest BCUT2D eigenvalue weighted by atomic mass is 16.1. The van der Waals surface area contributed by atoms with Crippen molar-refractivity contribution in [3.8, 4) is 0 Å². The Bertz CT molecular complexity index is 366. The normalized spacial score (nSPS) is 17.1. The van der Waals surface area contributed by atoms with Crippen LogP contribution < -0.4 is 15.8 Å². The smallest absolute Gasteiger partial charge is 0.251 e. The van der Waals surface area contributed by atoms with E-state index in [-0.39, 0.29) is 5.56 Å². The fourth-order valence-corrected chi connectivity index (χ4v) is 1.76. The van der Waals surface area contributed by atoms with Crippen LogP contribution in [0.1, 0.15) is 0 Å². The average molecular weight is 193 g/mol. The number of rotatable bonds is 1. The van der Waals surface area contributed by atoms with Gasteiger partial charge in [-0.15, -0.1) is 0 Å². The molecule has 1 aromatic heterocycles. The van der Waals surface area contributed by atoms with Crippen LogP contribution in [0.25, 0.3) is 0 Å². The Kier molecular flexibility index (Phi) is 2.54. The summed E-state index contributed by atoms with van der Waals surface area (Å²) in [4.78, 5) is 13.6. The van der Waals surface area contributed by atoms with Gasteiger partial charge in [-0.25, -0.2) is 0 Å². The van der Waals surface area contributed by atoms with Gasteiger partial charge in [0, 0.05) is 39.3 Å². The summed E-state index contributed by atoms with van der Waals surface area (Å²) in [6, 6.07) is 5.40. The minimum atomic E-state index is 0.0565. The van der Waals surface area contributed by atoms with E-state index < -0.39 is 0 Å². The van der Waals surface area contributed by atoms with Gasteiger partial charge in [0.05, 0.1) is 0 Å². The number of nitrogens with zero attached hydrogens (tertiary/aromatic N) is 2. The van der Waals surface area contributed by atoms with Crippen LogP contribution in [-0.2, 0) is 7.05 Å². The summed E-state index contributed by atoms with van der Waals surface area (Å²) in [5.41, 5.74) is 0.0565. The van der Waals surface area contributed by atoms with E-state index in [0.717, 1.165) is 32.0 Å². The summed E-state index contributed by atoms with van der Waals surface area (Å²) < 4.78 is 1.70. The van der Waals surface area contributed by atoms with E-state index >= 15 is 0 Å². The van der Waals surface area contributed by atoms with E-state index in [4.69, 9.17) is 0 Å². The van der Waals surface area contributed by atoms with Gasteiger partial charge in [-0.2, -0.15) is 0 Å². The molecule has 0 atom stereocenters. The van der Waals surface area contributed by atoms with Crippen molar-refractivity contribution < 1.29 is 0 Å².